The summed E-state index contributed by atoms with van der Waals surface area (Å²) in [6.07, 6.45) is 0.978. The number of nitrogens with zero attached hydrogens (tertiary/aromatic N) is 2. The van der Waals surface area contributed by atoms with Crippen LogP contribution in [-0.4, -0.2) is 72.5 Å². The molecule has 2 N–H and O–H groups in total. The lowest BCUT2D eigenvalue weighted by molar-refractivity contribution is -0.136. The summed E-state index contributed by atoms with van der Waals surface area (Å²) in [5, 5.41) is 5.73. The Morgan fingerprint density at radius 1 is 1.17 bits per heavy atom. The summed E-state index contributed by atoms with van der Waals surface area (Å²) in [4.78, 5) is 40.5. The van der Waals surface area contributed by atoms with E-state index in [9.17, 15) is 14.4 Å². The van der Waals surface area contributed by atoms with E-state index >= 15 is 0 Å². The van der Waals surface area contributed by atoms with Crippen molar-refractivity contribution in [3.8, 4) is 0 Å². The Morgan fingerprint density at radius 2 is 2.03 bits per heavy atom. The largest absolute Gasteiger partial charge is 0.375 e. The summed E-state index contributed by atoms with van der Waals surface area (Å²) in [7, 11) is 0. The fourth-order valence-electron chi connectivity index (χ4n) is 4.82. The second-order valence-electron chi connectivity index (χ2n) is 8.46. The molecule has 0 spiro atoms. The Kier molecular flexibility index (Phi) is 4.85. The lowest BCUT2D eigenvalue weighted by Crippen LogP contribution is -2.56. The van der Waals surface area contributed by atoms with Gasteiger partial charge in [-0.05, 0) is 23.6 Å². The molecule has 8 nitrogen and oxygen atoms in total. The molecule has 0 aromatic heterocycles. The van der Waals surface area contributed by atoms with Crippen molar-refractivity contribution in [3.05, 3.63) is 34.9 Å². The van der Waals surface area contributed by atoms with Gasteiger partial charge in [0, 0.05) is 57.2 Å². The van der Waals surface area contributed by atoms with Crippen molar-refractivity contribution in [2.45, 2.75) is 38.1 Å². The van der Waals surface area contributed by atoms with Crippen LogP contribution >= 0.6 is 0 Å². The second kappa shape index (κ2) is 7.51. The maximum atomic E-state index is 12.9. The third kappa shape index (κ3) is 3.56. The van der Waals surface area contributed by atoms with Crippen molar-refractivity contribution < 1.29 is 19.1 Å². The predicted molar refractivity (Wildman–Crippen MR) is 104 cm³/mol. The minimum absolute atomic E-state index is 0.112. The van der Waals surface area contributed by atoms with E-state index in [-0.39, 0.29) is 24.1 Å². The molecule has 4 heterocycles. The van der Waals surface area contributed by atoms with Crippen LogP contribution in [0.1, 0.15) is 34.3 Å². The molecule has 0 aliphatic carbocycles. The molecule has 1 aromatic rings. The van der Waals surface area contributed by atoms with Gasteiger partial charge in [-0.1, -0.05) is 12.1 Å². The molecule has 2 unspecified atom stereocenters. The first-order valence-corrected chi connectivity index (χ1v) is 10.4. The van der Waals surface area contributed by atoms with Gasteiger partial charge in [0.05, 0.1) is 12.7 Å². The maximum absolute atomic E-state index is 12.9. The Morgan fingerprint density at radius 3 is 2.79 bits per heavy atom. The smallest absolute Gasteiger partial charge is 0.255 e. The first kappa shape index (κ1) is 18.7. The van der Waals surface area contributed by atoms with Gasteiger partial charge in [0.1, 0.15) is 6.04 Å². The van der Waals surface area contributed by atoms with Gasteiger partial charge in [0.15, 0.2) is 0 Å². The average molecular weight is 398 g/mol. The van der Waals surface area contributed by atoms with Gasteiger partial charge >= 0.3 is 0 Å². The highest BCUT2D eigenvalue weighted by atomic mass is 16.5. The molecule has 0 bridgehead atoms. The van der Waals surface area contributed by atoms with Gasteiger partial charge in [-0.25, -0.2) is 0 Å². The molecule has 4 aliphatic rings. The summed E-state index contributed by atoms with van der Waals surface area (Å²) in [5.74, 6) is -0.171. The number of amides is 3. The zero-order chi connectivity index (χ0) is 20.0. The molecule has 154 valence electrons. The van der Waals surface area contributed by atoms with Crippen molar-refractivity contribution in [2.75, 3.05) is 32.8 Å². The van der Waals surface area contributed by atoms with Crippen molar-refractivity contribution in [3.63, 3.8) is 0 Å². The van der Waals surface area contributed by atoms with Crippen LogP contribution in [0.4, 0.5) is 0 Å². The van der Waals surface area contributed by atoms with Gasteiger partial charge in [0.2, 0.25) is 11.8 Å². The first-order valence-electron chi connectivity index (χ1n) is 10.4. The summed E-state index contributed by atoms with van der Waals surface area (Å²) in [6.45, 7) is 5.93. The number of benzene rings is 1. The first-order chi connectivity index (χ1) is 14.1. The van der Waals surface area contributed by atoms with Crippen LogP contribution in [0.5, 0.6) is 0 Å². The van der Waals surface area contributed by atoms with Gasteiger partial charge < -0.3 is 15.0 Å². The molecule has 8 heteroatoms. The number of hydrogen-bond donors (Lipinski definition) is 2. The van der Waals surface area contributed by atoms with Crippen LogP contribution in [0.3, 0.4) is 0 Å². The Bertz CT molecular complexity index is 845. The van der Waals surface area contributed by atoms with E-state index in [1.807, 2.05) is 12.1 Å². The Labute approximate surface area is 169 Å². The quantitative estimate of drug-likeness (QED) is 0.687. The number of hydrogen-bond acceptors (Lipinski definition) is 6. The molecule has 2 atom stereocenters. The van der Waals surface area contributed by atoms with Crippen LogP contribution in [0.2, 0.25) is 0 Å². The lowest BCUT2D eigenvalue weighted by Gasteiger charge is -2.44. The highest BCUT2D eigenvalue weighted by Gasteiger charge is 2.39. The number of imide groups is 1. The topological polar surface area (TPSA) is 91.0 Å². The molecular formula is C21H26N4O4. The zero-order valence-corrected chi connectivity index (χ0v) is 16.4. The molecule has 1 aromatic carbocycles. The summed E-state index contributed by atoms with van der Waals surface area (Å²) >= 11 is 0. The molecule has 4 aliphatic heterocycles. The number of likely N-dealkylation sites (tertiary alicyclic amines) is 1. The number of nitrogens with one attached hydrogen (secondary N) is 2. The molecule has 0 saturated carbocycles. The normalized spacial score (nSPS) is 28.3. The molecule has 3 saturated heterocycles. The fourth-order valence-corrected chi connectivity index (χ4v) is 4.82. The van der Waals surface area contributed by atoms with Crippen molar-refractivity contribution >= 4 is 17.7 Å². The van der Waals surface area contributed by atoms with E-state index in [0.717, 1.165) is 50.5 Å². The number of piperidine rings is 1. The summed E-state index contributed by atoms with van der Waals surface area (Å²) < 4.78 is 5.85. The van der Waals surface area contributed by atoms with Crippen LogP contribution in [0.25, 0.3) is 0 Å². The van der Waals surface area contributed by atoms with Crippen molar-refractivity contribution in [2.24, 2.45) is 5.92 Å². The average Bonchev–Trinajstić information content (AvgIpc) is 3.01. The summed E-state index contributed by atoms with van der Waals surface area (Å²) in [5.41, 5.74) is 2.75. The zero-order valence-electron chi connectivity index (χ0n) is 16.4. The van der Waals surface area contributed by atoms with Crippen LogP contribution < -0.4 is 10.6 Å². The molecule has 0 radical (unpaired) electrons. The molecule has 29 heavy (non-hydrogen) atoms. The van der Waals surface area contributed by atoms with E-state index in [1.54, 1.807) is 4.90 Å². The van der Waals surface area contributed by atoms with Crippen molar-refractivity contribution in [1.82, 2.24) is 20.4 Å². The third-order valence-corrected chi connectivity index (χ3v) is 6.47. The monoisotopic (exact) mass is 398 g/mol. The van der Waals surface area contributed by atoms with Crippen molar-refractivity contribution in [1.29, 1.82) is 0 Å². The van der Waals surface area contributed by atoms with E-state index in [1.165, 1.54) is 0 Å². The van der Waals surface area contributed by atoms with Crippen LogP contribution in [0.15, 0.2) is 18.2 Å². The molecule has 5 rings (SSSR count). The summed E-state index contributed by atoms with van der Waals surface area (Å²) in [6, 6.07) is 5.48. The molecular weight excluding hydrogens is 372 g/mol. The number of morpholine rings is 1. The number of carbonyl (C=O) groups excluding carboxylic acids is 3. The van der Waals surface area contributed by atoms with E-state index < -0.39 is 6.04 Å². The number of fused-ring (bicyclic) bond motifs is 1. The van der Waals surface area contributed by atoms with Gasteiger partial charge in [0.25, 0.3) is 5.91 Å². The number of carbonyl (C=O) groups is 3. The van der Waals surface area contributed by atoms with Gasteiger partial charge in [-0.2, -0.15) is 0 Å². The second-order valence-corrected chi connectivity index (χ2v) is 8.46. The molecule has 3 amide bonds. The molecule has 3 fully saturated rings. The maximum Gasteiger partial charge on any atom is 0.255 e. The van der Waals surface area contributed by atoms with Crippen LogP contribution in [-0.2, 0) is 27.4 Å². The van der Waals surface area contributed by atoms with E-state index in [4.69, 9.17) is 4.74 Å². The highest BCUT2D eigenvalue weighted by Crippen LogP contribution is 2.30. The van der Waals surface area contributed by atoms with E-state index in [2.05, 4.69) is 21.6 Å². The highest BCUT2D eigenvalue weighted by molar-refractivity contribution is 6.05. The minimum atomic E-state index is -0.559. The standard InChI is InChI=1S/C21H26N4O4/c26-19-4-3-17(20(27)23-19)25-12-14-2-1-13(7-16(14)21(25)28)9-24-10-15(11-24)18-8-22-5-6-29-18/h1-2,7,15,17-18,22H,3-6,8-12H2,(H,23,26,27). The van der Waals surface area contributed by atoms with E-state index in [0.29, 0.717) is 30.6 Å². The number of ether oxygens (including phenoxy) is 1. The number of rotatable bonds is 4. The minimum Gasteiger partial charge on any atom is -0.375 e. The van der Waals surface area contributed by atoms with Gasteiger partial charge in [-0.3, -0.25) is 24.6 Å². The van der Waals surface area contributed by atoms with Gasteiger partial charge in [-0.15, -0.1) is 0 Å². The Hall–Kier alpha value is -2.29. The third-order valence-electron chi connectivity index (χ3n) is 6.47. The Balaban J connectivity index is 1.21. The lowest BCUT2D eigenvalue weighted by atomic mass is 9.92. The van der Waals surface area contributed by atoms with Crippen LogP contribution in [0, 0.1) is 5.92 Å². The SMILES string of the molecule is O=C1CCC(N2Cc3ccc(CN4CC(C5CNCCO5)C4)cc3C2=O)C(=O)N1. The fraction of sp³-hybridized carbons (Fsp3) is 0.571. The predicted octanol–water partition coefficient (Wildman–Crippen LogP) is -0.132.